The lowest BCUT2D eigenvalue weighted by Crippen LogP contribution is -2.45. The maximum Gasteiger partial charge on any atom is 0.266 e. The third kappa shape index (κ3) is 4.81. The van der Waals surface area contributed by atoms with Crippen molar-refractivity contribution in [3.63, 3.8) is 0 Å². The highest BCUT2D eigenvalue weighted by Crippen LogP contribution is 2.40. The minimum Gasteiger partial charge on any atom is -0.362 e. The molecule has 6 heteroatoms. The number of nitrogens with one attached hydrogen (secondary N) is 1. The second-order valence-corrected chi connectivity index (χ2v) is 8.59. The monoisotopic (exact) mass is 437 g/mol. The number of allylic oxidation sites excluding steroid dienone is 1. The zero-order valence-corrected chi connectivity index (χ0v) is 18.8. The number of hydrogen-bond donors (Lipinski definition) is 1. The summed E-state index contributed by atoms with van der Waals surface area (Å²) in [6.45, 7) is 9.09. The number of carbonyl (C=O) groups excluding carboxylic acids is 1. The van der Waals surface area contributed by atoms with Crippen LogP contribution in [-0.4, -0.2) is 18.0 Å². The Balaban J connectivity index is 1.98. The average molecular weight is 438 g/mol. The van der Waals surface area contributed by atoms with Gasteiger partial charge in [0.2, 0.25) is 0 Å². The fourth-order valence-corrected chi connectivity index (χ4v) is 4.02. The molecule has 0 bridgehead atoms. The zero-order valence-electron chi connectivity index (χ0n) is 18.1. The first-order valence-electron chi connectivity index (χ1n) is 10.2. The number of hydrogen-bond acceptors (Lipinski definition) is 3. The molecule has 2 aromatic carbocycles. The summed E-state index contributed by atoms with van der Waals surface area (Å²) < 4.78 is 15.1. The molecular formula is C25H25ClFN3O. The normalized spacial score (nSPS) is 15.1. The molecule has 31 heavy (non-hydrogen) atoms. The van der Waals surface area contributed by atoms with Gasteiger partial charge in [-0.25, -0.2) is 4.39 Å². The van der Waals surface area contributed by atoms with Crippen molar-refractivity contribution >= 4 is 40.5 Å². The number of carbonyl (C=O) groups is 1. The molecule has 0 unspecified atom stereocenters. The molecule has 0 radical (unpaired) electrons. The molecule has 0 fully saturated rings. The number of amides is 1. The lowest BCUT2D eigenvalue weighted by molar-refractivity contribution is -0.112. The van der Waals surface area contributed by atoms with Crippen LogP contribution in [0.15, 0.2) is 48.0 Å². The van der Waals surface area contributed by atoms with Gasteiger partial charge in [0, 0.05) is 34.1 Å². The van der Waals surface area contributed by atoms with E-state index in [9.17, 15) is 10.1 Å². The van der Waals surface area contributed by atoms with E-state index >= 15 is 4.39 Å². The molecule has 0 aliphatic carbocycles. The molecular weight excluding hydrogens is 413 g/mol. The van der Waals surface area contributed by atoms with Gasteiger partial charge >= 0.3 is 0 Å². The summed E-state index contributed by atoms with van der Waals surface area (Å²) in [5, 5.41) is 12.7. The summed E-state index contributed by atoms with van der Waals surface area (Å²) in [6.07, 6.45) is 4.38. The maximum absolute atomic E-state index is 15.1. The molecule has 0 saturated carbocycles. The second kappa shape index (κ2) is 8.95. The summed E-state index contributed by atoms with van der Waals surface area (Å²) in [6, 6.07) is 11.6. The number of rotatable bonds is 5. The topological polar surface area (TPSA) is 56.1 Å². The van der Waals surface area contributed by atoms with Gasteiger partial charge < -0.3 is 10.2 Å². The van der Waals surface area contributed by atoms with Crippen molar-refractivity contribution < 1.29 is 9.18 Å². The minimum absolute atomic E-state index is 0.183. The number of nitriles is 1. The van der Waals surface area contributed by atoms with E-state index in [2.05, 4.69) is 37.1 Å². The highest BCUT2D eigenvalue weighted by molar-refractivity contribution is 6.30. The van der Waals surface area contributed by atoms with Gasteiger partial charge in [-0.3, -0.25) is 4.79 Å². The van der Waals surface area contributed by atoms with Crippen LogP contribution in [0.5, 0.6) is 0 Å². The van der Waals surface area contributed by atoms with Crippen LogP contribution in [0, 0.1) is 17.1 Å². The van der Waals surface area contributed by atoms with E-state index in [1.807, 2.05) is 13.0 Å². The third-order valence-corrected chi connectivity index (χ3v) is 5.56. The van der Waals surface area contributed by atoms with Crippen LogP contribution < -0.4 is 10.2 Å². The molecule has 1 aliphatic heterocycles. The second-order valence-electron chi connectivity index (χ2n) is 8.15. The first kappa shape index (κ1) is 22.6. The molecule has 1 amide bonds. The van der Waals surface area contributed by atoms with Gasteiger partial charge in [-0.1, -0.05) is 24.6 Å². The van der Waals surface area contributed by atoms with Crippen LogP contribution >= 0.6 is 11.6 Å². The van der Waals surface area contributed by atoms with Crippen LogP contribution in [0.3, 0.4) is 0 Å². The molecule has 0 atom stereocenters. The van der Waals surface area contributed by atoms with E-state index in [1.54, 1.807) is 30.3 Å². The van der Waals surface area contributed by atoms with Crippen LogP contribution in [0.1, 0.15) is 45.2 Å². The molecule has 0 aromatic heterocycles. The fourth-order valence-electron chi connectivity index (χ4n) is 3.89. The van der Waals surface area contributed by atoms with Crippen LogP contribution in [0.2, 0.25) is 5.02 Å². The third-order valence-electron chi connectivity index (χ3n) is 5.31. The maximum atomic E-state index is 15.1. The van der Waals surface area contributed by atoms with Gasteiger partial charge in [-0.05, 0) is 75.2 Å². The lowest BCUT2D eigenvalue weighted by Gasteiger charge is -2.43. The summed E-state index contributed by atoms with van der Waals surface area (Å²) in [4.78, 5) is 14.7. The standard InChI is InChI=1S/C25H25ClFN3O/c1-5-10-30-23-13-22(27)17(12-21(23)16(2)14-25(30,3)4)11-18(15-28)24(31)29-20-8-6-19(26)7-9-20/h6-9,11-14H,5,10H2,1-4H3,(H,29,31)/b18-11+. The Morgan fingerprint density at radius 3 is 2.58 bits per heavy atom. The molecule has 0 saturated heterocycles. The summed E-state index contributed by atoms with van der Waals surface area (Å²) >= 11 is 5.85. The molecule has 0 spiro atoms. The number of benzene rings is 2. The van der Waals surface area contributed by atoms with Crippen LogP contribution in [0.4, 0.5) is 15.8 Å². The van der Waals surface area contributed by atoms with Gasteiger partial charge in [0.05, 0.1) is 5.54 Å². The summed E-state index contributed by atoms with van der Waals surface area (Å²) in [7, 11) is 0. The first-order chi connectivity index (χ1) is 14.7. The highest BCUT2D eigenvalue weighted by atomic mass is 35.5. The van der Waals surface area contributed by atoms with E-state index < -0.39 is 11.7 Å². The molecule has 160 valence electrons. The number of fused-ring (bicyclic) bond motifs is 1. The van der Waals surface area contributed by atoms with Crippen molar-refractivity contribution in [2.45, 2.75) is 39.7 Å². The first-order valence-corrected chi connectivity index (χ1v) is 10.5. The Morgan fingerprint density at radius 2 is 1.97 bits per heavy atom. The molecule has 2 aromatic rings. The SMILES string of the molecule is CCCN1c2cc(F)c(/C=C(\C#N)C(=O)Nc3ccc(Cl)cc3)cc2C(C)=CC1(C)C. The Bertz CT molecular complexity index is 1110. The van der Waals surface area contributed by atoms with Gasteiger partial charge in [-0.15, -0.1) is 0 Å². The van der Waals surface area contributed by atoms with E-state index in [1.165, 1.54) is 12.1 Å². The molecule has 1 N–H and O–H groups in total. The van der Waals surface area contributed by atoms with E-state index in [4.69, 9.17) is 11.6 Å². The Hall–Kier alpha value is -3.10. The Morgan fingerprint density at radius 1 is 1.29 bits per heavy atom. The van der Waals surface area contributed by atoms with Crippen LogP contribution in [0.25, 0.3) is 11.6 Å². The van der Waals surface area contributed by atoms with Crippen molar-refractivity contribution in [1.82, 2.24) is 0 Å². The van der Waals surface area contributed by atoms with Gasteiger partial charge in [0.1, 0.15) is 17.5 Å². The number of anilines is 2. The van der Waals surface area contributed by atoms with Gasteiger partial charge in [0.15, 0.2) is 0 Å². The molecule has 1 heterocycles. The molecule has 3 rings (SSSR count). The van der Waals surface area contributed by atoms with E-state index in [0.717, 1.165) is 29.8 Å². The average Bonchev–Trinajstić information content (AvgIpc) is 2.71. The van der Waals surface area contributed by atoms with E-state index in [0.29, 0.717) is 10.7 Å². The summed E-state index contributed by atoms with van der Waals surface area (Å²) in [5.41, 5.74) is 3.04. The summed E-state index contributed by atoms with van der Waals surface area (Å²) in [5.74, 6) is -1.08. The zero-order chi connectivity index (χ0) is 22.8. The Labute approximate surface area is 187 Å². The van der Waals surface area contributed by atoms with Crippen LogP contribution in [-0.2, 0) is 4.79 Å². The minimum atomic E-state index is -0.608. The Kier molecular flexibility index (Phi) is 6.52. The molecule has 4 nitrogen and oxygen atoms in total. The fraction of sp³-hybridized carbons (Fsp3) is 0.280. The van der Waals surface area contributed by atoms with Crippen molar-refractivity contribution in [3.8, 4) is 6.07 Å². The van der Waals surface area contributed by atoms with Crippen molar-refractivity contribution in [3.05, 3.63) is 70.0 Å². The number of nitrogens with zero attached hydrogens (tertiary/aromatic N) is 2. The smallest absolute Gasteiger partial charge is 0.266 e. The largest absolute Gasteiger partial charge is 0.362 e. The highest BCUT2D eigenvalue weighted by Gasteiger charge is 2.31. The van der Waals surface area contributed by atoms with Gasteiger partial charge in [0.25, 0.3) is 5.91 Å². The molecule has 1 aliphatic rings. The van der Waals surface area contributed by atoms with Gasteiger partial charge in [-0.2, -0.15) is 5.26 Å². The quantitative estimate of drug-likeness (QED) is 0.432. The van der Waals surface area contributed by atoms with E-state index in [-0.39, 0.29) is 16.7 Å². The van der Waals surface area contributed by atoms with Crippen molar-refractivity contribution in [1.29, 1.82) is 5.26 Å². The lowest BCUT2D eigenvalue weighted by atomic mass is 9.87. The predicted molar refractivity (Wildman–Crippen MR) is 125 cm³/mol. The predicted octanol–water partition coefficient (Wildman–Crippen LogP) is 6.44. The van der Waals surface area contributed by atoms with Crippen molar-refractivity contribution in [2.75, 3.05) is 16.8 Å². The number of halogens is 2. The van der Waals surface area contributed by atoms with Crippen molar-refractivity contribution in [2.24, 2.45) is 0 Å².